The van der Waals surface area contributed by atoms with Gasteiger partial charge in [0.05, 0.1) is 6.61 Å². The van der Waals surface area contributed by atoms with Gasteiger partial charge in [0, 0.05) is 0 Å². The molecule has 1 aromatic rings. The molecule has 0 atom stereocenters. The summed E-state index contributed by atoms with van der Waals surface area (Å²) in [5.74, 6) is -0.648. The van der Waals surface area contributed by atoms with Crippen molar-refractivity contribution in [2.45, 2.75) is 6.92 Å². The van der Waals surface area contributed by atoms with Crippen LogP contribution < -0.4 is 4.74 Å². The summed E-state index contributed by atoms with van der Waals surface area (Å²) >= 11 is 4.00. The van der Waals surface area contributed by atoms with Crippen molar-refractivity contribution in [1.29, 1.82) is 0 Å². The number of carboxylic acids is 1. The van der Waals surface area contributed by atoms with E-state index in [4.69, 9.17) is 9.84 Å². The molecular formula is C6H6BrNO3S. The van der Waals surface area contributed by atoms with Crippen LogP contribution in [0.1, 0.15) is 16.6 Å². The van der Waals surface area contributed by atoms with Crippen LogP contribution in [0.5, 0.6) is 5.88 Å². The Balaban J connectivity index is 2.96. The van der Waals surface area contributed by atoms with Crippen molar-refractivity contribution in [1.82, 2.24) is 4.37 Å². The van der Waals surface area contributed by atoms with Crippen molar-refractivity contribution in [2.75, 3.05) is 6.61 Å². The number of hydrogen-bond acceptors (Lipinski definition) is 4. The molecule has 6 heteroatoms. The van der Waals surface area contributed by atoms with Crippen LogP contribution in [0.2, 0.25) is 0 Å². The van der Waals surface area contributed by atoms with Crippen molar-refractivity contribution in [3.05, 3.63) is 9.35 Å². The number of ether oxygens (including phenoxy) is 1. The molecule has 0 aromatic carbocycles. The van der Waals surface area contributed by atoms with Gasteiger partial charge in [-0.3, -0.25) is 0 Å². The third-order valence-electron chi connectivity index (χ3n) is 1.08. The summed E-state index contributed by atoms with van der Waals surface area (Å²) in [5, 5.41) is 8.63. The molecule has 0 aliphatic rings. The lowest BCUT2D eigenvalue weighted by Gasteiger charge is -1.96. The van der Waals surface area contributed by atoms with Gasteiger partial charge in [-0.1, -0.05) is 0 Å². The van der Waals surface area contributed by atoms with Crippen molar-refractivity contribution < 1.29 is 14.6 Å². The Morgan fingerprint density at radius 3 is 2.92 bits per heavy atom. The average Bonchev–Trinajstić information content (AvgIpc) is 2.34. The minimum atomic E-state index is -0.995. The highest BCUT2D eigenvalue weighted by molar-refractivity contribution is 9.10. The third-order valence-corrected chi connectivity index (χ3v) is 2.90. The van der Waals surface area contributed by atoms with E-state index in [1.54, 1.807) is 0 Å². The minimum absolute atomic E-state index is 0.165. The number of halogens is 1. The minimum Gasteiger partial charge on any atom is -0.477 e. The Hall–Kier alpha value is -0.620. The molecule has 0 fully saturated rings. The Kier molecular flexibility index (Phi) is 3.05. The molecular weight excluding hydrogens is 246 g/mol. The molecule has 12 heavy (non-hydrogen) atoms. The SMILES string of the molecule is CCOc1nsc(C(=O)O)c1Br. The van der Waals surface area contributed by atoms with Crippen molar-refractivity contribution >= 4 is 33.4 Å². The molecule has 0 aliphatic heterocycles. The van der Waals surface area contributed by atoms with Crippen molar-refractivity contribution in [2.24, 2.45) is 0 Å². The van der Waals surface area contributed by atoms with Gasteiger partial charge in [-0.2, -0.15) is 4.37 Å². The Labute approximate surface area is 81.5 Å². The third kappa shape index (κ3) is 1.75. The van der Waals surface area contributed by atoms with Crippen LogP contribution in [0.15, 0.2) is 4.47 Å². The lowest BCUT2D eigenvalue weighted by atomic mass is 10.5. The van der Waals surface area contributed by atoms with Crippen LogP contribution in [-0.4, -0.2) is 22.1 Å². The molecule has 0 amide bonds. The van der Waals surface area contributed by atoms with Gasteiger partial charge in [0.15, 0.2) is 4.88 Å². The van der Waals surface area contributed by atoms with Gasteiger partial charge in [-0.25, -0.2) is 4.79 Å². The fraction of sp³-hybridized carbons (Fsp3) is 0.333. The molecule has 1 rings (SSSR count). The van der Waals surface area contributed by atoms with Crippen molar-refractivity contribution in [3.8, 4) is 5.88 Å². The molecule has 0 saturated carbocycles. The molecule has 1 heterocycles. The maximum absolute atomic E-state index is 10.5. The second kappa shape index (κ2) is 3.86. The first-order chi connectivity index (χ1) is 5.66. The van der Waals surface area contributed by atoms with Gasteiger partial charge in [0.2, 0.25) is 5.88 Å². The number of hydrogen-bond donors (Lipinski definition) is 1. The lowest BCUT2D eigenvalue weighted by Crippen LogP contribution is -1.94. The standard InChI is InChI=1S/C6H6BrNO3S/c1-2-11-5-3(7)4(6(9)10)12-8-5/h2H2,1H3,(H,9,10). The van der Waals surface area contributed by atoms with E-state index in [2.05, 4.69) is 20.3 Å². The smallest absolute Gasteiger partial charge is 0.348 e. The molecule has 66 valence electrons. The zero-order valence-electron chi connectivity index (χ0n) is 6.20. The van der Waals surface area contributed by atoms with Crippen LogP contribution in [0, 0.1) is 0 Å². The second-order valence-corrected chi connectivity index (χ2v) is 3.44. The monoisotopic (exact) mass is 251 g/mol. The quantitative estimate of drug-likeness (QED) is 0.893. The first kappa shape index (κ1) is 9.47. The molecule has 0 saturated heterocycles. The van der Waals surface area contributed by atoms with Crippen LogP contribution in [0.25, 0.3) is 0 Å². The summed E-state index contributed by atoms with van der Waals surface area (Å²) in [5.41, 5.74) is 0. The van der Waals surface area contributed by atoms with Gasteiger partial charge in [-0.15, -0.1) is 0 Å². The second-order valence-electron chi connectivity index (χ2n) is 1.87. The zero-order chi connectivity index (χ0) is 9.14. The number of aromatic carboxylic acids is 1. The van der Waals surface area contributed by atoms with Crippen molar-refractivity contribution in [3.63, 3.8) is 0 Å². The van der Waals surface area contributed by atoms with E-state index in [9.17, 15) is 4.79 Å². The summed E-state index contributed by atoms with van der Waals surface area (Å²) in [4.78, 5) is 10.7. The van der Waals surface area contributed by atoms with Gasteiger partial charge >= 0.3 is 5.97 Å². The summed E-state index contributed by atoms with van der Waals surface area (Å²) in [6.45, 7) is 2.29. The fourth-order valence-corrected chi connectivity index (χ4v) is 1.89. The van der Waals surface area contributed by atoms with E-state index in [0.29, 0.717) is 17.0 Å². The number of nitrogens with zero attached hydrogens (tertiary/aromatic N) is 1. The molecule has 1 N–H and O–H groups in total. The maximum Gasteiger partial charge on any atom is 0.348 e. The van der Waals surface area contributed by atoms with Crippen LogP contribution in [0.3, 0.4) is 0 Å². The van der Waals surface area contributed by atoms with Crippen LogP contribution in [-0.2, 0) is 0 Å². The maximum atomic E-state index is 10.5. The number of rotatable bonds is 3. The summed E-state index contributed by atoms with van der Waals surface area (Å²) in [6, 6.07) is 0. The Morgan fingerprint density at radius 2 is 2.50 bits per heavy atom. The Bertz CT molecular complexity index is 299. The lowest BCUT2D eigenvalue weighted by molar-refractivity contribution is 0.0701. The summed E-state index contributed by atoms with van der Waals surface area (Å²) < 4.78 is 9.29. The number of carbonyl (C=O) groups is 1. The summed E-state index contributed by atoms with van der Waals surface area (Å²) in [6.07, 6.45) is 0. The van der Waals surface area contributed by atoms with E-state index in [1.807, 2.05) is 6.92 Å². The number of carboxylic acid groups (broad SMARTS) is 1. The summed E-state index contributed by atoms with van der Waals surface area (Å²) in [7, 11) is 0. The van der Waals surface area contributed by atoms with E-state index in [-0.39, 0.29) is 4.88 Å². The van der Waals surface area contributed by atoms with Gasteiger partial charge in [0.1, 0.15) is 4.47 Å². The van der Waals surface area contributed by atoms with Crippen LogP contribution in [0.4, 0.5) is 0 Å². The molecule has 0 spiro atoms. The highest BCUT2D eigenvalue weighted by Crippen LogP contribution is 2.30. The molecule has 0 unspecified atom stereocenters. The topological polar surface area (TPSA) is 59.4 Å². The number of aromatic nitrogens is 1. The normalized spacial score (nSPS) is 9.83. The fourth-order valence-electron chi connectivity index (χ4n) is 0.624. The zero-order valence-corrected chi connectivity index (χ0v) is 8.61. The largest absolute Gasteiger partial charge is 0.477 e. The highest BCUT2D eigenvalue weighted by atomic mass is 79.9. The van der Waals surface area contributed by atoms with E-state index in [0.717, 1.165) is 11.5 Å². The van der Waals surface area contributed by atoms with Gasteiger partial charge < -0.3 is 9.84 Å². The molecule has 4 nitrogen and oxygen atoms in total. The van der Waals surface area contributed by atoms with E-state index >= 15 is 0 Å². The first-order valence-electron chi connectivity index (χ1n) is 3.18. The molecule has 0 radical (unpaired) electrons. The predicted octanol–water partition coefficient (Wildman–Crippen LogP) is 2.00. The first-order valence-corrected chi connectivity index (χ1v) is 4.74. The van der Waals surface area contributed by atoms with E-state index < -0.39 is 5.97 Å². The van der Waals surface area contributed by atoms with E-state index in [1.165, 1.54) is 0 Å². The van der Waals surface area contributed by atoms with Gasteiger partial charge in [-0.05, 0) is 34.4 Å². The highest BCUT2D eigenvalue weighted by Gasteiger charge is 2.17. The average molecular weight is 252 g/mol. The molecule has 1 aromatic heterocycles. The predicted molar refractivity (Wildman–Crippen MR) is 47.9 cm³/mol. The molecule has 0 aliphatic carbocycles. The Morgan fingerprint density at radius 1 is 1.83 bits per heavy atom. The van der Waals surface area contributed by atoms with Crippen LogP contribution >= 0.6 is 27.5 Å². The van der Waals surface area contributed by atoms with Gasteiger partial charge in [0.25, 0.3) is 0 Å². The molecule has 0 bridgehead atoms.